The zero-order valence-electron chi connectivity index (χ0n) is 11.1. The van der Waals surface area contributed by atoms with Crippen molar-refractivity contribution in [3.8, 4) is 11.3 Å². The lowest BCUT2D eigenvalue weighted by atomic mass is 10.1. The van der Waals surface area contributed by atoms with Crippen molar-refractivity contribution in [3.63, 3.8) is 0 Å². The lowest BCUT2D eigenvalue weighted by molar-refractivity contribution is -0.139. The summed E-state index contributed by atoms with van der Waals surface area (Å²) in [6, 6.07) is 12.1. The third-order valence-electron chi connectivity index (χ3n) is 2.67. The molecule has 0 bridgehead atoms. The Bertz CT molecular complexity index is 552. The molecule has 19 heavy (non-hydrogen) atoms. The largest absolute Gasteiger partial charge is 0.466 e. The SMILES string of the molecule is CCOC(=O)CPc1cc(-c2ccccc2)n(C)n1. The Morgan fingerprint density at radius 3 is 2.79 bits per heavy atom. The minimum Gasteiger partial charge on any atom is -0.466 e. The highest BCUT2D eigenvalue weighted by Gasteiger charge is 2.09. The second-order valence-electron chi connectivity index (χ2n) is 4.06. The monoisotopic (exact) mass is 276 g/mol. The number of aryl methyl sites for hydroxylation is 1. The molecule has 0 aliphatic heterocycles. The molecule has 0 radical (unpaired) electrons. The van der Waals surface area contributed by atoms with E-state index in [2.05, 4.69) is 17.2 Å². The van der Waals surface area contributed by atoms with E-state index in [1.165, 1.54) is 0 Å². The van der Waals surface area contributed by atoms with Crippen molar-refractivity contribution < 1.29 is 9.53 Å². The van der Waals surface area contributed by atoms with Gasteiger partial charge in [-0.3, -0.25) is 9.48 Å². The molecule has 100 valence electrons. The molecule has 2 aromatic rings. The number of rotatable bonds is 5. The van der Waals surface area contributed by atoms with Crippen LogP contribution in [0.25, 0.3) is 11.3 Å². The van der Waals surface area contributed by atoms with Crippen LogP contribution >= 0.6 is 8.58 Å². The molecule has 0 saturated heterocycles. The molecule has 5 heteroatoms. The maximum absolute atomic E-state index is 11.3. The van der Waals surface area contributed by atoms with Gasteiger partial charge >= 0.3 is 5.97 Å². The Balaban J connectivity index is 2.07. The predicted molar refractivity (Wildman–Crippen MR) is 78.1 cm³/mol. The summed E-state index contributed by atoms with van der Waals surface area (Å²) in [5, 5.41) is 4.44. The van der Waals surface area contributed by atoms with Gasteiger partial charge in [-0.05, 0) is 18.6 Å². The van der Waals surface area contributed by atoms with Crippen LogP contribution in [0.5, 0.6) is 0 Å². The number of carbonyl (C=O) groups is 1. The van der Waals surface area contributed by atoms with Crippen LogP contribution in [0.1, 0.15) is 6.92 Å². The van der Waals surface area contributed by atoms with Gasteiger partial charge in [-0.15, -0.1) is 0 Å². The molecule has 0 amide bonds. The van der Waals surface area contributed by atoms with E-state index in [1.54, 1.807) is 0 Å². The first-order valence-electron chi connectivity index (χ1n) is 6.19. The van der Waals surface area contributed by atoms with E-state index in [0.29, 0.717) is 21.3 Å². The molecule has 0 aliphatic rings. The summed E-state index contributed by atoms with van der Waals surface area (Å²) in [6.45, 7) is 2.25. The fourth-order valence-corrected chi connectivity index (χ4v) is 2.69. The van der Waals surface area contributed by atoms with Gasteiger partial charge in [0.05, 0.1) is 23.9 Å². The van der Waals surface area contributed by atoms with Crippen molar-refractivity contribution in [1.82, 2.24) is 9.78 Å². The number of nitrogens with zero attached hydrogens (tertiary/aromatic N) is 2. The van der Waals surface area contributed by atoms with Crippen molar-refractivity contribution in [2.24, 2.45) is 7.05 Å². The molecule has 4 nitrogen and oxygen atoms in total. The lowest BCUT2D eigenvalue weighted by Gasteiger charge is -1.99. The molecule has 1 aromatic heterocycles. The molecule has 1 aromatic carbocycles. The number of hydrogen-bond acceptors (Lipinski definition) is 3. The standard InChI is InChI=1S/C14H17N2O2P/c1-3-18-14(17)10-19-13-9-12(16(2)15-13)11-7-5-4-6-8-11/h4-9,19H,3,10H2,1-2H3. The van der Waals surface area contributed by atoms with E-state index in [9.17, 15) is 4.79 Å². The van der Waals surface area contributed by atoms with Gasteiger partial charge in [0.15, 0.2) is 0 Å². The van der Waals surface area contributed by atoms with Crippen LogP contribution in [-0.4, -0.2) is 28.5 Å². The molecule has 1 heterocycles. The van der Waals surface area contributed by atoms with E-state index in [1.807, 2.05) is 42.9 Å². The first kappa shape index (κ1) is 13.8. The molecule has 0 spiro atoms. The molecule has 0 saturated carbocycles. The summed E-state index contributed by atoms with van der Waals surface area (Å²) < 4.78 is 6.77. The van der Waals surface area contributed by atoms with E-state index >= 15 is 0 Å². The first-order valence-corrected chi connectivity index (χ1v) is 7.40. The van der Waals surface area contributed by atoms with Gasteiger partial charge in [0.1, 0.15) is 0 Å². The molecular formula is C14H17N2O2P. The van der Waals surface area contributed by atoms with Gasteiger partial charge < -0.3 is 4.74 Å². The van der Waals surface area contributed by atoms with Crippen LogP contribution < -0.4 is 5.44 Å². The Kier molecular flexibility index (Phi) is 4.69. The van der Waals surface area contributed by atoms with Crippen molar-refractivity contribution in [2.75, 3.05) is 12.8 Å². The zero-order valence-corrected chi connectivity index (χ0v) is 12.1. The van der Waals surface area contributed by atoms with Crippen molar-refractivity contribution in [3.05, 3.63) is 36.4 Å². The van der Waals surface area contributed by atoms with Gasteiger partial charge in [-0.2, -0.15) is 5.10 Å². The summed E-state index contributed by atoms with van der Waals surface area (Å²) in [4.78, 5) is 11.3. The fraction of sp³-hybridized carbons (Fsp3) is 0.286. The second kappa shape index (κ2) is 6.48. The van der Waals surface area contributed by atoms with Gasteiger partial charge in [0, 0.05) is 7.05 Å². The lowest BCUT2D eigenvalue weighted by Crippen LogP contribution is -2.09. The second-order valence-corrected chi connectivity index (χ2v) is 5.28. The molecule has 2 rings (SSSR count). The number of carbonyl (C=O) groups excluding carboxylic acids is 1. The Hall–Kier alpha value is -1.67. The average molecular weight is 276 g/mol. The van der Waals surface area contributed by atoms with Crippen LogP contribution in [0.15, 0.2) is 36.4 Å². The first-order chi connectivity index (χ1) is 9.20. The van der Waals surface area contributed by atoms with E-state index in [0.717, 1.165) is 16.7 Å². The van der Waals surface area contributed by atoms with Crippen LogP contribution in [0.4, 0.5) is 0 Å². The van der Waals surface area contributed by atoms with E-state index < -0.39 is 0 Å². The van der Waals surface area contributed by atoms with E-state index in [-0.39, 0.29) is 5.97 Å². The van der Waals surface area contributed by atoms with Gasteiger partial charge in [-0.1, -0.05) is 38.9 Å². The zero-order chi connectivity index (χ0) is 13.7. The number of hydrogen-bond donors (Lipinski definition) is 0. The third-order valence-corrected chi connectivity index (χ3v) is 3.74. The summed E-state index contributed by atoms with van der Waals surface area (Å²) >= 11 is 0. The summed E-state index contributed by atoms with van der Waals surface area (Å²) in [6.07, 6.45) is 0.402. The fourth-order valence-electron chi connectivity index (χ4n) is 1.81. The molecule has 0 N–H and O–H groups in total. The average Bonchev–Trinajstić information content (AvgIpc) is 2.79. The maximum Gasteiger partial charge on any atom is 0.310 e. The van der Waals surface area contributed by atoms with Crippen molar-refractivity contribution >= 4 is 20.0 Å². The number of esters is 1. The smallest absolute Gasteiger partial charge is 0.310 e. The van der Waals surface area contributed by atoms with Crippen molar-refractivity contribution in [2.45, 2.75) is 6.92 Å². The van der Waals surface area contributed by atoms with Gasteiger partial charge in [-0.25, -0.2) is 0 Å². The van der Waals surface area contributed by atoms with Gasteiger partial charge in [0.25, 0.3) is 0 Å². The topological polar surface area (TPSA) is 44.1 Å². The highest BCUT2D eigenvalue weighted by Crippen LogP contribution is 2.19. The quantitative estimate of drug-likeness (QED) is 0.619. The Morgan fingerprint density at radius 1 is 1.37 bits per heavy atom. The summed E-state index contributed by atoms with van der Waals surface area (Å²) in [5.74, 6) is -0.159. The minimum atomic E-state index is -0.159. The molecule has 0 fully saturated rings. The normalized spacial score (nSPS) is 11.1. The van der Waals surface area contributed by atoms with Crippen LogP contribution in [0, 0.1) is 0 Å². The van der Waals surface area contributed by atoms with Crippen LogP contribution in [0.3, 0.4) is 0 Å². The number of benzene rings is 1. The summed E-state index contributed by atoms with van der Waals surface area (Å²) in [7, 11) is 2.27. The highest BCUT2D eigenvalue weighted by molar-refractivity contribution is 7.47. The molecule has 1 unspecified atom stereocenters. The maximum atomic E-state index is 11.3. The molecule has 0 aliphatic carbocycles. The number of aromatic nitrogens is 2. The molecular weight excluding hydrogens is 259 g/mol. The molecule has 1 atom stereocenters. The summed E-state index contributed by atoms with van der Waals surface area (Å²) in [5.41, 5.74) is 3.13. The Morgan fingerprint density at radius 2 is 2.11 bits per heavy atom. The number of ether oxygens (including phenoxy) is 1. The van der Waals surface area contributed by atoms with Crippen LogP contribution in [-0.2, 0) is 16.6 Å². The van der Waals surface area contributed by atoms with Crippen molar-refractivity contribution in [1.29, 1.82) is 0 Å². The minimum absolute atomic E-state index is 0.159. The van der Waals surface area contributed by atoms with Crippen LogP contribution in [0.2, 0.25) is 0 Å². The highest BCUT2D eigenvalue weighted by atomic mass is 31.1. The van der Waals surface area contributed by atoms with E-state index in [4.69, 9.17) is 4.74 Å². The Labute approximate surface area is 114 Å². The van der Waals surface area contributed by atoms with Gasteiger partial charge in [0.2, 0.25) is 0 Å². The third kappa shape index (κ3) is 3.65. The predicted octanol–water partition coefficient (Wildman–Crippen LogP) is 1.95.